The number of aromatic nitrogens is 2. The average molecular weight is 394 g/mol. The summed E-state index contributed by atoms with van der Waals surface area (Å²) in [5.41, 5.74) is 1.43. The van der Waals surface area contributed by atoms with Crippen LogP contribution < -0.4 is 5.32 Å². The van der Waals surface area contributed by atoms with E-state index in [1.807, 2.05) is 6.92 Å². The first-order chi connectivity index (χ1) is 14.0. The summed E-state index contributed by atoms with van der Waals surface area (Å²) in [6, 6.07) is 13.8. The van der Waals surface area contributed by atoms with E-state index in [-0.39, 0.29) is 11.4 Å². The minimum absolute atomic E-state index is 0.0680. The first-order valence-corrected chi connectivity index (χ1v) is 8.87. The minimum Gasteiger partial charge on any atom is -0.462 e. The molecule has 0 aliphatic carbocycles. The van der Waals surface area contributed by atoms with Gasteiger partial charge in [0.2, 0.25) is 0 Å². The monoisotopic (exact) mass is 394 g/mol. The molecule has 29 heavy (non-hydrogen) atoms. The lowest BCUT2D eigenvalue weighted by atomic mass is 10.2. The predicted octanol–water partition coefficient (Wildman–Crippen LogP) is 3.60. The van der Waals surface area contributed by atoms with Gasteiger partial charge in [-0.25, -0.2) is 9.48 Å². The number of hydrogen-bond donors (Lipinski definition) is 1. The Hall–Kier alpha value is -4.01. The molecule has 9 nitrogen and oxygen atoms in total. The third-order valence-electron chi connectivity index (χ3n) is 3.94. The molecule has 9 heteroatoms. The van der Waals surface area contributed by atoms with Gasteiger partial charge in [-0.2, -0.15) is 5.10 Å². The number of anilines is 1. The van der Waals surface area contributed by atoms with Crippen LogP contribution in [0.5, 0.6) is 0 Å². The van der Waals surface area contributed by atoms with Crippen LogP contribution in [-0.4, -0.2) is 33.2 Å². The molecule has 3 aromatic rings. The zero-order valence-electron chi connectivity index (χ0n) is 15.6. The molecule has 1 heterocycles. The van der Waals surface area contributed by atoms with Gasteiger partial charge >= 0.3 is 5.97 Å². The summed E-state index contributed by atoms with van der Waals surface area (Å²) < 4.78 is 6.44. The van der Waals surface area contributed by atoms with Gasteiger partial charge in [-0.15, -0.1) is 0 Å². The van der Waals surface area contributed by atoms with Gasteiger partial charge < -0.3 is 10.1 Å². The quantitative estimate of drug-likeness (QED) is 0.372. The average Bonchev–Trinajstić information content (AvgIpc) is 3.23. The smallest absolute Gasteiger partial charge is 0.338 e. The predicted molar refractivity (Wildman–Crippen MR) is 105 cm³/mol. The van der Waals surface area contributed by atoms with Gasteiger partial charge in [-0.3, -0.25) is 14.9 Å². The van der Waals surface area contributed by atoms with Gasteiger partial charge in [0, 0.05) is 24.0 Å². The number of nitro benzene ring substituents is 1. The van der Waals surface area contributed by atoms with Crippen molar-refractivity contribution in [1.82, 2.24) is 9.78 Å². The summed E-state index contributed by atoms with van der Waals surface area (Å²) in [6.45, 7) is 2.26. The van der Waals surface area contributed by atoms with Crippen LogP contribution in [0.3, 0.4) is 0 Å². The van der Waals surface area contributed by atoms with E-state index in [4.69, 9.17) is 4.74 Å². The Labute approximate surface area is 166 Å². The van der Waals surface area contributed by atoms with Crippen LogP contribution in [0, 0.1) is 10.1 Å². The maximum atomic E-state index is 12.4. The number of nitrogens with one attached hydrogen (secondary N) is 1. The number of carbonyl (C=O) groups excluding carboxylic acids is 2. The minimum atomic E-state index is -0.498. The van der Waals surface area contributed by atoms with Crippen LogP contribution in [0.4, 0.5) is 11.4 Å². The Balaban J connectivity index is 1.68. The second kappa shape index (κ2) is 8.79. The van der Waals surface area contributed by atoms with Crippen LogP contribution in [0.25, 0.3) is 5.69 Å². The van der Waals surface area contributed by atoms with E-state index in [9.17, 15) is 19.7 Å². The van der Waals surface area contributed by atoms with E-state index in [2.05, 4.69) is 10.4 Å². The number of hydrogen-bond acceptors (Lipinski definition) is 6. The molecule has 0 saturated carbocycles. The lowest BCUT2D eigenvalue weighted by Crippen LogP contribution is -2.13. The molecule has 1 N–H and O–H groups in total. The number of amides is 1. The van der Waals surface area contributed by atoms with Crippen LogP contribution in [-0.2, 0) is 4.74 Å². The van der Waals surface area contributed by atoms with Gasteiger partial charge in [0.1, 0.15) is 0 Å². The van der Waals surface area contributed by atoms with E-state index in [1.165, 1.54) is 22.9 Å². The SMILES string of the molecule is CCCOC(=O)c1ccc(NC(=O)c2ccn(-c3cccc([N+](=O)[O-])c3)n2)cc1. The Morgan fingerprint density at radius 1 is 1.17 bits per heavy atom. The molecule has 0 fully saturated rings. The van der Waals surface area contributed by atoms with Crippen molar-refractivity contribution in [2.45, 2.75) is 13.3 Å². The highest BCUT2D eigenvalue weighted by molar-refractivity contribution is 6.03. The number of non-ortho nitro benzene ring substituents is 1. The van der Waals surface area contributed by atoms with Crippen LogP contribution in [0.2, 0.25) is 0 Å². The molecule has 0 bridgehead atoms. The molecule has 0 unspecified atom stereocenters. The van der Waals surface area contributed by atoms with Crippen molar-refractivity contribution in [2.75, 3.05) is 11.9 Å². The van der Waals surface area contributed by atoms with Crippen LogP contribution in [0.1, 0.15) is 34.2 Å². The maximum absolute atomic E-state index is 12.4. The summed E-state index contributed by atoms with van der Waals surface area (Å²) in [4.78, 5) is 34.6. The fourth-order valence-corrected chi connectivity index (χ4v) is 2.50. The Morgan fingerprint density at radius 2 is 1.93 bits per heavy atom. The van der Waals surface area contributed by atoms with Gasteiger partial charge in [0.25, 0.3) is 11.6 Å². The second-order valence-corrected chi connectivity index (χ2v) is 6.09. The number of rotatable bonds is 7. The fourth-order valence-electron chi connectivity index (χ4n) is 2.50. The van der Waals surface area contributed by atoms with Crippen molar-refractivity contribution in [3.8, 4) is 5.69 Å². The van der Waals surface area contributed by atoms with E-state index < -0.39 is 16.8 Å². The maximum Gasteiger partial charge on any atom is 0.338 e. The number of carbonyl (C=O) groups is 2. The van der Waals surface area contributed by atoms with Crippen molar-refractivity contribution < 1.29 is 19.2 Å². The largest absolute Gasteiger partial charge is 0.462 e. The van der Waals surface area contributed by atoms with Crippen molar-refractivity contribution in [1.29, 1.82) is 0 Å². The van der Waals surface area contributed by atoms with Crippen LogP contribution in [0.15, 0.2) is 60.8 Å². The highest BCUT2D eigenvalue weighted by Gasteiger charge is 2.13. The molecule has 1 aromatic heterocycles. The first-order valence-electron chi connectivity index (χ1n) is 8.87. The molecule has 1 amide bonds. The van der Waals surface area contributed by atoms with Crippen molar-refractivity contribution >= 4 is 23.3 Å². The molecule has 148 valence electrons. The zero-order chi connectivity index (χ0) is 20.8. The molecule has 0 saturated heterocycles. The van der Waals surface area contributed by atoms with Crippen molar-refractivity contribution in [3.63, 3.8) is 0 Å². The normalized spacial score (nSPS) is 10.4. The number of ether oxygens (including phenoxy) is 1. The molecule has 0 atom stereocenters. The molecule has 0 aliphatic rings. The molecule has 2 aromatic carbocycles. The topological polar surface area (TPSA) is 116 Å². The Morgan fingerprint density at radius 3 is 2.62 bits per heavy atom. The number of esters is 1. The number of benzene rings is 2. The zero-order valence-corrected chi connectivity index (χ0v) is 15.6. The number of nitrogens with zero attached hydrogens (tertiary/aromatic N) is 3. The van der Waals surface area contributed by atoms with Gasteiger partial charge in [0.05, 0.1) is 22.8 Å². The van der Waals surface area contributed by atoms with E-state index in [0.29, 0.717) is 23.5 Å². The molecular formula is C20H18N4O5. The third kappa shape index (κ3) is 4.83. The third-order valence-corrected chi connectivity index (χ3v) is 3.94. The summed E-state index contributed by atoms with van der Waals surface area (Å²) in [5.74, 6) is -0.865. The van der Waals surface area contributed by atoms with Gasteiger partial charge in [0.15, 0.2) is 5.69 Å². The first kappa shape index (κ1) is 19.7. The van der Waals surface area contributed by atoms with Crippen molar-refractivity contribution in [2.24, 2.45) is 0 Å². The highest BCUT2D eigenvalue weighted by atomic mass is 16.6. The van der Waals surface area contributed by atoms with E-state index in [0.717, 1.165) is 6.42 Å². The summed E-state index contributed by atoms with van der Waals surface area (Å²) in [7, 11) is 0. The fraction of sp³-hybridized carbons (Fsp3) is 0.150. The van der Waals surface area contributed by atoms with Crippen LogP contribution >= 0.6 is 0 Å². The highest BCUT2D eigenvalue weighted by Crippen LogP contribution is 2.17. The molecule has 3 rings (SSSR count). The standard InChI is InChI=1S/C20H18N4O5/c1-2-12-29-20(26)14-6-8-15(9-7-14)21-19(25)18-10-11-23(22-18)16-4-3-5-17(13-16)24(27)28/h3-11,13H,2,12H2,1H3,(H,21,25). The van der Waals surface area contributed by atoms with Gasteiger partial charge in [-0.1, -0.05) is 13.0 Å². The van der Waals surface area contributed by atoms with E-state index in [1.54, 1.807) is 42.6 Å². The summed E-state index contributed by atoms with van der Waals surface area (Å²) in [6.07, 6.45) is 2.28. The molecule has 0 aliphatic heterocycles. The lowest BCUT2D eigenvalue weighted by Gasteiger charge is -2.06. The lowest BCUT2D eigenvalue weighted by molar-refractivity contribution is -0.384. The van der Waals surface area contributed by atoms with Crippen molar-refractivity contribution in [3.05, 3.63) is 82.2 Å². The molecular weight excluding hydrogens is 376 g/mol. The summed E-state index contributed by atoms with van der Waals surface area (Å²) >= 11 is 0. The molecule has 0 radical (unpaired) electrons. The Kier molecular flexibility index (Phi) is 5.98. The van der Waals surface area contributed by atoms with Gasteiger partial charge in [-0.05, 0) is 42.8 Å². The number of nitro groups is 1. The summed E-state index contributed by atoms with van der Waals surface area (Å²) in [5, 5.41) is 17.8. The second-order valence-electron chi connectivity index (χ2n) is 6.09. The molecule has 0 spiro atoms. The van der Waals surface area contributed by atoms with E-state index >= 15 is 0 Å². The Bertz CT molecular complexity index is 1040.